The molecule has 1 heterocycles. The monoisotopic (exact) mass is 253 g/mol. The Bertz CT molecular complexity index is 323. The molecule has 1 aliphatic carbocycles. The van der Waals surface area contributed by atoms with Gasteiger partial charge in [0.1, 0.15) is 6.04 Å². The summed E-state index contributed by atoms with van der Waals surface area (Å²) in [6.45, 7) is 2.57. The van der Waals surface area contributed by atoms with Gasteiger partial charge in [-0.05, 0) is 25.2 Å². The lowest BCUT2D eigenvalue weighted by molar-refractivity contribution is -0.149. The predicted octanol–water partition coefficient (Wildman–Crippen LogP) is 2.28. The molecule has 1 amide bonds. The quantitative estimate of drug-likeness (QED) is 0.836. The van der Waals surface area contributed by atoms with E-state index in [1.54, 1.807) is 4.90 Å². The maximum Gasteiger partial charge on any atom is 0.326 e. The highest BCUT2D eigenvalue weighted by Crippen LogP contribution is 2.31. The molecular weight excluding hydrogens is 230 g/mol. The lowest BCUT2D eigenvalue weighted by Gasteiger charge is -2.26. The molecule has 1 saturated carbocycles. The van der Waals surface area contributed by atoms with E-state index in [0.717, 1.165) is 12.8 Å². The van der Waals surface area contributed by atoms with E-state index in [0.29, 0.717) is 18.9 Å². The lowest BCUT2D eigenvalue weighted by Crippen LogP contribution is -2.43. The van der Waals surface area contributed by atoms with Crippen LogP contribution in [0.15, 0.2) is 0 Å². The van der Waals surface area contributed by atoms with Gasteiger partial charge in [0.25, 0.3) is 0 Å². The van der Waals surface area contributed by atoms with Crippen LogP contribution >= 0.6 is 0 Å². The van der Waals surface area contributed by atoms with Crippen LogP contribution in [0.4, 0.5) is 0 Å². The summed E-state index contributed by atoms with van der Waals surface area (Å²) in [4.78, 5) is 25.0. The van der Waals surface area contributed by atoms with Gasteiger partial charge in [-0.1, -0.05) is 32.6 Å². The summed E-state index contributed by atoms with van der Waals surface area (Å²) >= 11 is 0. The molecule has 1 saturated heterocycles. The lowest BCUT2D eigenvalue weighted by atomic mass is 9.93. The van der Waals surface area contributed by atoms with E-state index in [-0.39, 0.29) is 11.8 Å². The second-order valence-corrected chi connectivity index (χ2v) is 5.82. The van der Waals surface area contributed by atoms with Crippen molar-refractivity contribution in [2.75, 3.05) is 6.54 Å². The Morgan fingerprint density at radius 1 is 1.22 bits per heavy atom. The molecule has 0 aromatic carbocycles. The third-order valence-corrected chi connectivity index (χ3v) is 4.40. The SMILES string of the molecule is CC(CC1CCCC1)C(=O)N1CCC[C@H]1C(=O)O. The standard InChI is InChI=1S/C14H23NO3/c1-10(9-11-5-2-3-6-11)13(16)15-8-4-7-12(15)14(17)18/h10-12H,2-9H2,1H3,(H,17,18)/t10?,12-/m0/s1. The van der Waals surface area contributed by atoms with Crippen LogP contribution in [0.25, 0.3) is 0 Å². The van der Waals surface area contributed by atoms with Gasteiger partial charge in [-0.25, -0.2) is 4.79 Å². The molecule has 2 atom stereocenters. The van der Waals surface area contributed by atoms with Gasteiger partial charge in [-0.2, -0.15) is 0 Å². The molecule has 2 aliphatic rings. The van der Waals surface area contributed by atoms with Crippen LogP contribution in [0.2, 0.25) is 0 Å². The van der Waals surface area contributed by atoms with Crippen LogP contribution in [0.1, 0.15) is 51.9 Å². The van der Waals surface area contributed by atoms with E-state index in [1.807, 2.05) is 6.92 Å². The van der Waals surface area contributed by atoms with E-state index < -0.39 is 12.0 Å². The number of amides is 1. The fourth-order valence-electron chi connectivity index (χ4n) is 3.42. The van der Waals surface area contributed by atoms with E-state index in [1.165, 1.54) is 25.7 Å². The fraction of sp³-hybridized carbons (Fsp3) is 0.857. The molecule has 18 heavy (non-hydrogen) atoms. The van der Waals surface area contributed by atoms with Crippen molar-refractivity contribution in [3.05, 3.63) is 0 Å². The van der Waals surface area contributed by atoms with Crippen molar-refractivity contribution in [1.29, 1.82) is 0 Å². The molecule has 0 bridgehead atoms. The number of carboxylic acids is 1. The summed E-state index contributed by atoms with van der Waals surface area (Å²) in [6.07, 6.45) is 7.40. The van der Waals surface area contributed by atoms with Gasteiger partial charge < -0.3 is 10.0 Å². The van der Waals surface area contributed by atoms with Gasteiger partial charge in [0.15, 0.2) is 0 Å². The van der Waals surface area contributed by atoms with Crippen LogP contribution in [-0.4, -0.2) is 34.5 Å². The number of carbonyl (C=O) groups is 2. The van der Waals surface area contributed by atoms with Crippen molar-refractivity contribution in [3.63, 3.8) is 0 Å². The van der Waals surface area contributed by atoms with Crippen LogP contribution in [0, 0.1) is 11.8 Å². The van der Waals surface area contributed by atoms with Crippen molar-refractivity contribution >= 4 is 11.9 Å². The Balaban J connectivity index is 1.90. The zero-order valence-corrected chi connectivity index (χ0v) is 11.1. The molecule has 0 aromatic rings. The Labute approximate surface area is 108 Å². The van der Waals surface area contributed by atoms with E-state index in [9.17, 15) is 9.59 Å². The number of carbonyl (C=O) groups excluding carboxylic acids is 1. The fourth-order valence-corrected chi connectivity index (χ4v) is 3.42. The van der Waals surface area contributed by atoms with Gasteiger partial charge in [0, 0.05) is 12.5 Å². The molecule has 1 aliphatic heterocycles. The zero-order valence-electron chi connectivity index (χ0n) is 11.1. The molecule has 0 radical (unpaired) electrons. The van der Waals surface area contributed by atoms with Crippen LogP contribution in [0.3, 0.4) is 0 Å². The molecule has 0 spiro atoms. The molecule has 1 N–H and O–H groups in total. The molecule has 4 heteroatoms. The van der Waals surface area contributed by atoms with Gasteiger partial charge in [0.05, 0.1) is 0 Å². The second-order valence-electron chi connectivity index (χ2n) is 5.82. The van der Waals surface area contributed by atoms with Crippen molar-refractivity contribution in [2.24, 2.45) is 11.8 Å². The minimum Gasteiger partial charge on any atom is -0.480 e. The summed E-state index contributed by atoms with van der Waals surface area (Å²) in [5.74, 6) is -0.149. The highest BCUT2D eigenvalue weighted by atomic mass is 16.4. The first kappa shape index (κ1) is 13.4. The summed E-state index contributed by atoms with van der Waals surface area (Å²) < 4.78 is 0. The van der Waals surface area contributed by atoms with Gasteiger partial charge in [0.2, 0.25) is 5.91 Å². The maximum atomic E-state index is 12.3. The Morgan fingerprint density at radius 3 is 2.50 bits per heavy atom. The average Bonchev–Trinajstić information content (AvgIpc) is 2.97. The third kappa shape index (κ3) is 2.85. The molecule has 2 rings (SSSR count). The topological polar surface area (TPSA) is 57.6 Å². The number of rotatable bonds is 4. The van der Waals surface area contributed by atoms with E-state index >= 15 is 0 Å². The highest BCUT2D eigenvalue weighted by Gasteiger charge is 2.36. The molecule has 0 aromatic heterocycles. The third-order valence-electron chi connectivity index (χ3n) is 4.40. The predicted molar refractivity (Wildman–Crippen MR) is 68.1 cm³/mol. The largest absolute Gasteiger partial charge is 0.480 e. The minimum absolute atomic E-state index is 0.0203. The number of nitrogens with zero attached hydrogens (tertiary/aromatic N) is 1. The van der Waals surface area contributed by atoms with Crippen molar-refractivity contribution < 1.29 is 14.7 Å². The van der Waals surface area contributed by atoms with Crippen molar-refractivity contribution in [3.8, 4) is 0 Å². The van der Waals surface area contributed by atoms with Gasteiger partial charge in [-0.3, -0.25) is 4.79 Å². The summed E-state index contributed by atoms with van der Waals surface area (Å²) in [5.41, 5.74) is 0. The first-order valence-electron chi connectivity index (χ1n) is 7.13. The van der Waals surface area contributed by atoms with Gasteiger partial charge >= 0.3 is 5.97 Å². The second kappa shape index (κ2) is 5.72. The summed E-state index contributed by atoms with van der Waals surface area (Å²) in [6, 6.07) is -0.580. The first-order valence-corrected chi connectivity index (χ1v) is 7.13. The summed E-state index contributed by atoms with van der Waals surface area (Å²) in [5, 5.41) is 9.10. The first-order chi connectivity index (χ1) is 8.59. The molecule has 2 fully saturated rings. The Hall–Kier alpha value is -1.06. The number of aliphatic carboxylic acids is 1. The normalized spacial score (nSPS) is 26.5. The van der Waals surface area contributed by atoms with Crippen LogP contribution in [0.5, 0.6) is 0 Å². The molecule has 1 unspecified atom stereocenters. The molecule has 4 nitrogen and oxygen atoms in total. The average molecular weight is 253 g/mol. The number of likely N-dealkylation sites (tertiary alicyclic amines) is 1. The number of hydrogen-bond donors (Lipinski definition) is 1. The number of hydrogen-bond acceptors (Lipinski definition) is 2. The van der Waals surface area contributed by atoms with Crippen molar-refractivity contribution in [1.82, 2.24) is 4.90 Å². The number of carboxylic acid groups (broad SMARTS) is 1. The highest BCUT2D eigenvalue weighted by molar-refractivity contribution is 5.85. The van der Waals surface area contributed by atoms with E-state index in [4.69, 9.17) is 5.11 Å². The summed E-state index contributed by atoms with van der Waals surface area (Å²) in [7, 11) is 0. The smallest absolute Gasteiger partial charge is 0.326 e. The van der Waals surface area contributed by atoms with Crippen molar-refractivity contribution in [2.45, 2.75) is 57.9 Å². The molecular formula is C14H23NO3. The maximum absolute atomic E-state index is 12.3. The van der Waals surface area contributed by atoms with E-state index in [2.05, 4.69) is 0 Å². The van der Waals surface area contributed by atoms with Crippen LogP contribution < -0.4 is 0 Å². The Kier molecular flexibility index (Phi) is 4.25. The van der Waals surface area contributed by atoms with Gasteiger partial charge in [-0.15, -0.1) is 0 Å². The zero-order chi connectivity index (χ0) is 13.1. The Morgan fingerprint density at radius 2 is 1.89 bits per heavy atom. The van der Waals surface area contributed by atoms with Crippen LogP contribution in [-0.2, 0) is 9.59 Å². The molecule has 102 valence electrons. The minimum atomic E-state index is -0.853.